The summed E-state index contributed by atoms with van der Waals surface area (Å²) in [7, 11) is 1.62. The minimum atomic E-state index is -0.318. The van der Waals surface area contributed by atoms with Crippen molar-refractivity contribution >= 4 is 17.3 Å². The first-order valence-electron chi connectivity index (χ1n) is 7.22. The van der Waals surface area contributed by atoms with E-state index in [4.69, 9.17) is 13.9 Å². The van der Waals surface area contributed by atoms with Crippen LogP contribution in [0.4, 0.5) is 0 Å². The number of carbonyl (C=O) groups excluding carboxylic acids is 1. The van der Waals surface area contributed by atoms with Crippen LogP contribution in [0.5, 0.6) is 5.75 Å². The van der Waals surface area contributed by atoms with Gasteiger partial charge in [0.2, 0.25) is 0 Å². The fourth-order valence-electron chi connectivity index (χ4n) is 2.26. The third kappa shape index (κ3) is 3.14. The predicted molar refractivity (Wildman–Crippen MR) is 90.0 cm³/mol. The van der Waals surface area contributed by atoms with E-state index in [1.807, 2.05) is 42.5 Å². The molecule has 3 rings (SSSR count). The summed E-state index contributed by atoms with van der Waals surface area (Å²) in [4.78, 5) is 13.7. The van der Waals surface area contributed by atoms with E-state index < -0.39 is 0 Å². The van der Waals surface area contributed by atoms with Gasteiger partial charge in [-0.15, -0.1) is 11.3 Å². The Balaban J connectivity index is 2.07. The van der Waals surface area contributed by atoms with Gasteiger partial charge in [-0.3, -0.25) is 0 Å². The van der Waals surface area contributed by atoms with Gasteiger partial charge in [0.05, 0.1) is 24.9 Å². The molecular formula is C18H16O4S. The lowest BCUT2D eigenvalue weighted by molar-refractivity contribution is 0.0533. The van der Waals surface area contributed by atoms with Crippen LogP contribution in [0.3, 0.4) is 0 Å². The molecule has 2 aromatic heterocycles. The van der Waals surface area contributed by atoms with Crippen molar-refractivity contribution in [3.05, 3.63) is 53.6 Å². The maximum Gasteiger partial charge on any atom is 0.348 e. The molecule has 0 N–H and O–H groups in total. The smallest absolute Gasteiger partial charge is 0.348 e. The molecule has 0 saturated heterocycles. The fraction of sp³-hybridized carbons (Fsp3) is 0.167. The maximum absolute atomic E-state index is 12.3. The quantitative estimate of drug-likeness (QED) is 0.628. The second-order valence-corrected chi connectivity index (χ2v) is 5.83. The molecule has 0 radical (unpaired) electrons. The standard InChI is InChI=1S/C18H16O4S/c1-3-21-18(19)17-14(12-6-8-13(20-2)9-7-12)11-16(23-17)15-5-4-10-22-15/h4-11H,3H2,1-2H3. The molecule has 0 amide bonds. The highest BCUT2D eigenvalue weighted by atomic mass is 32.1. The Morgan fingerprint density at radius 1 is 1.22 bits per heavy atom. The first kappa shape index (κ1) is 15.4. The first-order chi connectivity index (χ1) is 11.2. The first-order valence-corrected chi connectivity index (χ1v) is 8.04. The van der Waals surface area contributed by atoms with Crippen molar-refractivity contribution in [1.82, 2.24) is 0 Å². The second-order valence-electron chi connectivity index (χ2n) is 4.78. The summed E-state index contributed by atoms with van der Waals surface area (Å²) in [5.74, 6) is 1.19. The van der Waals surface area contributed by atoms with Crippen LogP contribution in [-0.4, -0.2) is 19.7 Å². The van der Waals surface area contributed by atoms with Crippen LogP contribution in [0.15, 0.2) is 53.1 Å². The SMILES string of the molecule is CCOC(=O)c1sc(-c2ccco2)cc1-c1ccc(OC)cc1. The maximum atomic E-state index is 12.3. The van der Waals surface area contributed by atoms with Crippen molar-refractivity contribution in [3.63, 3.8) is 0 Å². The lowest BCUT2D eigenvalue weighted by Gasteiger charge is -2.05. The van der Waals surface area contributed by atoms with Crippen molar-refractivity contribution in [3.8, 4) is 27.5 Å². The van der Waals surface area contributed by atoms with E-state index in [0.717, 1.165) is 27.5 Å². The zero-order valence-corrected chi connectivity index (χ0v) is 13.7. The Bertz CT molecular complexity index is 785. The number of ether oxygens (including phenoxy) is 2. The average molecular weight is 328 g/mol. The summed E-state index contributed by atoms with van der Waals surface area (Å²) in [6.45, 7) is 2.14. The van der Waals surface area contributed by atoms with Gasteiger partial charge in [0.25, 0.3) is 0 Å². The Hall–Kier alpha value is -2.53. The van der Waals surface area contributed by atoms with Crippen LogP contribution in [0, 0.1) is 0 Å². The van der Waals surface area contributed by atoms with Gasteiger partial charge < -0.3 is 13.9 Å². The van der Waals surface area contributed by atoms with Crippen molar-refractivity contribution in [2.45, 2.75) is 6.92 Å². The van der Waals surface area contributed by atoms with Gasteiger partial charge in [0.1, 0.15) is 16.4 Å². The van der Waals surface area contributed by atoms with E-state index in [-0.39, 0.29) is 5.97 Å². The monoisotopic (exact) mass is 328 g/mol. The van der Waals surface area contributed by atoms with Gasteiger partial charge in [-0.05, 0) is 42.8 Å². The zero-order chi connectivity index (χ0) is 16.2. The number of thiophene rings is 1. The fourth-order valence-corrected chi connectivity index (χ4v) is 3.31. The Labute approximate surface area is 138 Å². The summed E-state index contributed by atoms with van der Waals surface area (Å²) in [6.07, 6.45) is 1.62. The number of esters is 1. The minimum Gasteiger partial charge on any atom is -0.497 e. The van der Waals surface area contributed by atoms with E-state index in [0.29, 0.717) is 11.5 Å². The summed E-state index contributed by atoms with van der Waals surface area (Å²) in [5, 5.41) is 0. The number of benzene rings is 1. The highest BCUT2D eigenvalue weighted by molar-refractivity contribution is 7.17. The number of carbonyl (C=O) groups is 1. The number of rotatable bonds is 5. The Kier molecular flexibility index (Phi) is 4.48. The molecule has 0 aliphatic carbocycles. The van der Waals surface area contributed by atoms with Crippen molar-refractivity contribution < 1.29 is 18.7 Å². The lowest BCUT2D eigenvalue weighted by Crippen LogP contribution is -2.03. The largest absolute Gasteiger partial charge is 0.497 e. The summed E-state index contributed by atoms with van der Waals surface area (Å²) >= 11 is 1.37. The van der Waals surface area contributed by atoms with E-state index in [1.165, 1.54) is 11.3 Å². The summed E-state index contributed by atoms with van der Waals surface area (Å²) in [6, 6.07) is 13.2. The molecular weight excluding hydrogens is 312 g/mol. The molecule has 118 valence electrons. The molecule has 0 spiro atoms. The molecule has 5 heteroatoms. The predicted octanol–water partition coefficient (Wildman–Crippen LogP) is 4.86. The molecule has 3 aromatic rings. The molecule has 0 aliphatic rings. The van der Waals surface area contributed by atoms with Crippen LogP contribution in [-0.2, 0) is 4.74 Å². The van der Waals surface area contributed by atoms with E-state index in [1.54, 1.807) is 20.3 Å². The van der Waals surface area contributed by atoms with Crippen LogP contribution < -0.4 is 4.74 Å². The second kappa shape index (κ2) is 6.71. The third-order valence-electron chi connectivity index (χ3n) is 3.36. The molecule has 0 bridgehead atoms. The Morgan fingerprint density at radius 3 is 2.61 bits per heavy atom. The number of hydrogen-bond acceptors (Lipinski definition) is 5. The molecule has 0 unspecified atom stereocenters. The topological polar surface area (TPSA) is 48.7 Å². The average Bonchev–Trinajstić information content (AvgIpc) is 3.24. The summed E-state index contributed by atoms with van der Waals surface area (Å²) < 4.78 is 15.8. The van der Waals surface area contributed by atoms with Gasteiger partial charge in [0, 0.05) is 5.56 Å². The van der Waals surface area contributed by atoms with Crippen LogP contribution in [0.25, 0.3) is 21.8 Å². The van der Waals surface area contributed by atoms with Gasteiger partial charge in [-0.2, -0.15) is 0 Å². The van der Waals surface area contributed by atoms with Crippen molar-refractivity contribution in [1.29, 1.82) is 0 Å². The number of furan rings is 1. The minimum absolute atomic E-state index is 0.318. The number of methoxy groups -OCH3 is 1. The van der Waals surface area contributed by atoms with Crippen LogP contribution >= 0.6 is 11.3 Å². The Morgan fingerprint density at radius 2 is 2.00 bits per heavy atom. The molecule has 4 nitrogen and oxygen atoms in total. The molecule has 0 aliphatic heterocycles. The van der Waals surface area contributed by atoms with Gasteiger partial charge in [-0.25, -0.2) is 4.79 Å². The van der Waals surface area contributed by atoms with Gasteiger partial charge in [-0.1, -0.05) is 12.1 Å². The molecule has 0 fully saturated rings. The molecule has 23 heavy (non-hydrogen) atoms. The number of hydrogen-bond donors (Lipinski definition) is 0. The molecule has 2 heterocycles. The van der Waals surface area contributed by atoms with Crippen molar-refractivity contribution in [2.75, 3.05) is 13.7 Å². The van der Waals surface area contributed by atoms with Crippen LogP contribution in [0.1, 0.15) is 16.6 Å². The van der Waals surface area contributed by atoms with Crippen molar-refractivity contribution in [2.24, 2.45) is 0 Å². The van der Waals surface area contributed by atoms with Crippen LogP contribution in [0.2, 0.25) is 0 Å². The normalized spacial score (nSPS) is 10.5. The van der Waals surface area contributed by atoms with E-state index >= 15 is 0 Å². The van der Waals surface area contributed by atoms with E-state index in [2.05, 4.69) is 0 Å². The molecule has 1 aromatic carbocycles. The highest BCUT2D eigenvalue weighted by Gasteiger charge is 2.20. The lowest BCUT2D eigenvalue weighted by atomic mass is 10.1. The molecule has 0 atom stereocenters. The van der Waals surface area contributed by atoms with E-state index in [9.17, 15) is 4.79 Å². The van der Waals surface area contributed by atoms with Gasteiger partial charge >= 0.3 is 5.97 Å². The highest BCUT2D eigenvalue weighted by Crippen LogP contribution is 2.38. The third-order valence-corrected chi connectivity index (χ3v) is 4.49. The summed E-state index contributed by atoms with van der Waals surface area (Å²) in [5.41, 5.74) is 1.77. The molecule has 0 saturated carbocycles. The van der Waals surface area contributed by atoms with Gasteiger partial charge in [0.15, 0.2) is 0 Å². The zero-order valence-electron chi connectivity index (χ0n) is 12.9.